The van der Waals surface area contributed by atoms with E-state index in [-0.39, 0.29) is 12.0 Å². The van der Waals surface area contributed by atoms with Gasteiger partial charge in [0.1, 0.15) is 5.82 Å². The van der Waals surface area contributed by atoms with Crippen LogP contribution in [0.5, 0.6) is 0 Å². The van der Waals surface area contributed by atoms with Gasteiger partial charge in [0, 0.05) is 32.6 Å². The van der Waals surface area contributed by atoms with Gasteiger partial charge in [0.15, 0.2) is 5.82 Å². The Bertz CT molecular complexity index is 1280. The summed E-state index contributed by atoms with van der Waals surface area (Å²) in [6, 6.07) is 15.2. The van der Waals surface area contributed by atoms with Crippen LogP contribution < -0.4 is 4.72 Å². The van der Waals surface area contributed by atoms with Gasteiger partial charge in [-0.3, -0.25) is 4.90 Å². The van der Waals surface area contributed by atoms with Crippen LogP contribution in [0.25, 0.3) is 11.1 Å². The van der Waals surface area contributed by atoms with Gasteiger partial charge in [0.2, 0.25) is 10.0 Å². The molecule has 0 bridgehead atoms. The van der Waals surface area contributed by atoms with Crippen LogP contribution >= 0.6 is 0 Å². The molecule has 5 rings (SSSR count). The van der Waals surface area contributed by atoms with Crippen molar-refractivity contribution in [3.8, 4) is 11.1 Å². The standard InChI is InChI=1S/C25H31N5O2S/c1-17(2)24(28-33(3,31)32)25-27-26-23-10-11-29(12-13-30(23)25)16-18-8-9-22-20(14-18)15-19-6-4-5-7-21(19)22/h4-9,14,17,24,28H,10-13,15-16H2,1-3H3/t24-/m1/s1. The maximum absolute atomic E-state index is 11.9. The highest BCUT2D eigenvalue weighted by molar-refractivity contribution is 7.88. The summed E-state index contributed by atoms with van der Waals surface area (Å²) < 4.78 is 28.7. The van der Waals surface area contributed by atoms with Crippen molar-refractivity contribution >= 4 is 10.0 Å². The van der Waals surface area contributed by atoms with Gasteiger partial charge in [-0.15, -0.1) is 10.2 Å². The lowest BCUT2D eigenvalue weighted by Crippen LogP contribution is -2.33. The molecule has 0 radical (unpaired) electrons. The Balaban J connectivity index is 1.30. The van der Waals surface area contributed by atoms with Crippen LogP contribution in [0.3, 0.4) is 0 Å². The smallest absolute Gasteiger partial charge is 0.209 e. The predicted octanol–water partition coefficient (Wildman–Crippen LogP) is 3.15. The first kappa shape index (κ1) is 22.3. The van der Waals surface area contributed by atoms with Gasteiger partial charge in [-0.2, -0.15) is 0 Å². The maximum atomic E-state index is 11.9. The fraction of sp³-hybridized carbons (Fsp3) is 0.440. The summed E-state index contributed by atoms with van der Waals surface area (Å²) in [6.45, 7) is 7.43. The van der Waals surface area contributed by atoms with Gasteiger partial charge < -0.3 is 4.57 Å². The molecule has 8 heteroatoms. The fourth-order valence-electron chi connectivity index (χ4n) is 5.05. The Hall–Kier alpha value is -2.55. The quantitative estimate of drug-likeness (QED) is 0.473. The summed E-state index contributed by atoms with van der Waals surface area (Å²) >= 11 is 0. The number of fused-ring (bicyclic) bond motifs is 4. The summed E-state index contributed by atoms with van der Waals surface area (Å²) in [5.74, 6) is 1.71. The summed E-state index contributed by atoms with van der Waals surface area (Å²) in [5.41, 5.74) is 6.88. The third-order valence-electron chi connectivity index (χ3n) is 6.70. The van der Waals surface area contributed by atoms with Gasteiger partial charge in [0.25, 0.3) is 0 Å². The van der Waals surface area contributed by atoms with E-state index in [2.05, 4.69) is 66.9 Å². The van der Waals surface area contributed by atoms with E-state index in [0.29, 0.717) is 5.82 Å². The molecule has 174 valence electrons. The van der Waals surface area contributed by atoms with E-state index in [1.165, 1.54) is 34.1 Å². The van der Waals surface area contributed by atoms with Crippen LogP contribution in [0.4, 0.5) is 0 Å². The highest BCUT2D eigenvalue weighted by Crippen LogP contribution is 2.37. The number of sulfonamides is 1. The summed E-state index contributed by atoms with van der Waals surface area (Å²) in [5, 5.41) is 8.79. The molecule has 0 unspecified atom stereocenters. The molecular formula is C25H31N5O2S. The fourth-order valence-corrected chi connectivity index (χ4v) is 5.89. The first-order chi connectivity index (χ1) is 15.8. The molecule has 2 heterocycles. The largest absolute Gasteiger partial charge is 0.312 e. The second kappa shape index (κ2) is 8.66. The van der Waals surface area contributed by atoms with Gasteiger partial charge in [-0.05, 0) is 40.2 Å². The van der Waals surface area contributed by atoms with E-state index in [1.54, 1.807) is 0 Å². The highest BCUT2D eigenvalue weighted by atomic mass is 32.2. The third-order valence-corrected chi connectivity index (χ3v) is 7.38. The van der Waals surface area contributed by atoms with Crippen molar-refractivity contribution in [2.24, 2.45) is 5.92 Å². The molecule has 0 saturated heterocycles. The molecular weight excluding hydrogens is 434 g/mol. The van der Waals surface area contributed by atoms with E-state index in [1.807, 2.05) is 13.8 Å². The van der Waals surface area contributed by atoms with E-state index >= 15 is 0 Å². The lowest BCUT2D eigenvalue weighted by atomic mass is 10.0. The average molecular weight is 466 g/mol. The van der Waals surface area contributed by atoms with Gasteiger partial charge in [-0.25, -0.2) is 13.1 Å². The molecule has 1 N–H and O–H groups in total. The van der Waals surface area contributed by atoms with E-state index in [4.69, 9.17) is 0 Å². The van der Waals surface area contributed by atoms with Gasteiger partial charge in [0.05, 0.1) is 12.3 Å². The second-order valence-electron chi connectivity index (χ2n) is 9.59. The van der Waals surface area contributed by atoms with Crippen molar-refractivity contribution in [1.82, 2.24) is 24.4 Å². The SMILES string of the molecule is CC(C)[C@@H](NS(C)(=O)=O)c1nnc2n1CCN(Cc1ccc3c(c1)Cc1ccccc1-3)CC2. The third kappa shape index (κ3) is 4.60. The topological polar surface area (TPSA) is 80.1 Å². The number of aromatic nitrogens is 3. The lowest BCUT2D eigenvalue weighted by Gasteiger charge is -2.23. The van der Waals surface area contributed by atoms with E-state index in [0.717, 1.165) is 44.8 Å². The molecule has 1 aliphatic heterocycles. The minimum atomic E-state index is -3.35. The highest BCUT2D eigenvalue weighted by Gasteiger charge is 2.28. The minimum Gasteiger partial charge on any atom is -0.312 e. The summed E-state index contributed by atoms with van der Waals surface area (Å²) in [6.07, 6.45) is 3.00. The molecule has 0 fully saturated rings. The molecule has 1 aromatic heterocycles. The van der Waals surface area contributed by atoms with Crippen molar-refractivity contribution < 1.29 is 8.42 Å². The number of benzene rings is 2. The van der Waals surface area contributed by atoms with Crippen LogP contribution in [0.2, 0.25) is 0 Å². The summed E-state index contributed by atoms with van der Waals surface area (Å²) in [7, 11) is -3.35. The van der Waals surface area contributed by atoms with Crippen LogP contribution in [0.1, 0.15) is 48.2 Å². The normalized spacial score (nSPS) is 16.8. The Morgan fingerprint density at radius 3 is 2.58 bits per heavy atom. The van der Waals surface area contributed by atoms with Crippen molar-refractivity contribution in [3.05, 3.63) is 70.8 Å². The van der Waals surface area contributed by atoms with Crippen molar-refractivity contribution in [2.75, 3.05) is 19.3 Å². The number of nitrogens with one attached hydrogen (secondary N) is 1. The van der Waals surface area contributed by atoms with Crippen molar-refractivity contribution in [1.29, 1.82) is 0 Å². The molecule has 0 amide bonds. The van der Waals surface area contributed by atoms with E-state index < -0.39 is 10.0 Å². The Morgan fingerprint density at radius 1 is 1.00 bits per heavy atom. The maximum Gasteiger partial charge on any atom is 0.209 e. The zero-order valence-corrected chi connectivity index (χ0v) is 20.3. The molecule has 1 aliphatic carbocycles. The molecule has 0 saturated carbocycles. The number of rotatable bonds is 6. The minimum absolute atomic E-state index is 0.0721. The molecule has 0 spiro atoms. The van der Waals surface area contributed by atoms with Crippen LogP contribution in [0.15, 0.2) is 42.5 Å². The Morgan fingerprint density at radius 2 is 1.79 bits per heavy atom. The Kier molecular flexibility index (Phi) is 5.84. The number of hydrogen-bond donors (Lipinski definition) is 1. The van der Waals surface area contributed by atoms with E-state index in [9.17, 15) is 8.42 Å². The number of hydrogen-bond acceptors (Lipinski definition) is 5. The summed E-state index contributed by atoms with van der Waals surface area (Å²) in [4.78, 5) is 2.46. The van der Waals surface area contributed by atoms with Crippen LogP contribution in [0, 0.1) is 5.92 Å². The van der Waals surface area contributed by atoms with Crippen LogP contribution in [-0.2, 0) is 36.0 Å². The monoisotopic (exact) mass is 465 g/mol. The Labute approximate surface area is 195 Å². The lowest BCUT2D eigenvalue weighted by molar-refractivity contribution is 0.269. The molecule has 2 aliphatic rings. The average Bonchev–Trinajstić information content (AvgIpc) is 3.27. The predicted molar refractivity (Wildman–Crippen MR) is 129 cm³/mol. The van der Waals surface area contributed by atoms with Gasteiger partial charge in [-0.1, -0.05) is 56.3 Å². The molecule has 3 aromatic rings. The first-order valence-corrected chi connectivity index (χ1v) is 13.5. The van der Waals surface area contributed by atoms with Crippen molar-refractivity contribution in [2.45, 2.75) is 45.8 Å². The van der Waals surface area contributed by atoms with Crippen molar-refractivity contribution in [3.63, 3.8) is 0 Å². The molecule has 2 aromatic carbocycles. The molecule has 33 heavy (non-hydrogen) atoms. The number of nitrogens with zero attached hydrogens (tertiary/aromatic N) is 4. The molecule has 1 atom stereocenters. The van der Waals surface area contributed by atoms with Crippen LogP contribution in [-0.4, -0.2) is 47.4 Å². The second-order valence-corrected chi connectivity index (χ2v) is 11.4. The van der Waals surface area contributed by atoms with Gasteiger partial charge >= 0.3 is 0 Å². The zero-order chi connectivity index (χ0) is 23.2. The first-order valence-electron chi connectivity index (χ1n) is 11.6. The molecule has 7 nitrogen and oxygen atoms in total. The zero-order valence-electron chi connectivity index (χ0n) is 19.5.